The molecule has 0 aliphatic heterocycles. The number of nitrogens with one attached hydrogen (secondary N) is 2. The van der Waals surface area contributed by atoms with Gasteiger partial charge in [-0.1, -0.05) is 23.7 Å². The van der Waals surface area contributed by atoms with E-state index in [0.717, 1.165) is 24.0 Å². The molecule has 0 heterocycles. The summed E-state index contributed by atoms with van der Waals surface area (Å²) in [5, 5.41) is 11.5. The molecule has 5 nitrogen and oxygen atoms in total. The molecule has 0 saturated heterocycles. The van der Waals surface area contributed by atoms with Crippen LogP contribution >= 0.6 is 45.8 Å². The maximum Gasteiger partial charge on any atom is 0.312 e. The Morgan fingerprint density at radius 1 is 1.38 bits per heavy atom. The maximum atomic E-state index is 13.2. The minimum absolute atomic E-state index is 0.280. The molecule has 0 spiro atoms. The van der Waals surface area contributed by atoms with Crippen molar-refractivity contribution in [1.82, 2.24) is 5.32 Å². The lowest BCUT2D eigenvalue weighted by Crippen LogP contribution is -2.40. The second kappa shape index (κ2) is 9.35. The number of hydrogen-bond acceptors (Lipinski definition) is 4. The lowest BCUT2D eigenvalue weighted by atomic mass is 9.71. The van der Waals surface area contributed by atoms with E-state index < -0.39 is 5.41 Å². The molecule has 2 aliphatic rings. The van der Waals surface area contributed by atoms with Crippen molar-refractivity contribution in [3.8, 4) is 0 Å². The smallest absolute Gasteiger partial charge is 0.312 e. The lowest BCUT2D eigenvalue weighted by Gasteiger charge is -2.36. The summed E-state index contributed by atoms with van der Waals surface area (Å²) in [7, 11) is 1.36. The predicted octanol–water partition coefficient (Wildman–Crippen LogP) is 5.59. The minimum Gasteiger partial charge on any atom is -0.469 e. The van der Waals surface area contributed by atoms with Crippen molar-refractivity contribution in [3.63, 3.8) is 0 Å². The van der Waals surface area contributed by atoms with Gasteiger partial charge in [0.25, 0.3) is 5.91 Å². The number of benzene rings is 1. The van der Waals surface area contributed by atoms with E-state index in [1.165, 1.54) is 7.11 Å². The first-order valence-electron chi connectivity index (χ1n) is 9.53. The van der Waals surface area contributed by atoms with Crippen LogP contribution in [-0.2, 0) is 9.53 Å². The molecule has 0 aromatic heterocycles. The molecule has 8 heteroatoms. The second-order valence-corrected chi connectivity index (χ2v) is 9.46. The minimum atomic E-state index is -0.797. The molecule has 1 unspecified atom stereocenters. The van der Waals surface area contributed by atoms with Crippen LogP contribution in [0.4, 0.5) is 0 Å². The number of halogens is 3. The fourth-order valence-electron chi connectivity index (χ4n) is 4.01. The number of ether oxygens (including phenoxy) is 1. The van der Waals surface area contributed by atoms with Gasteiger partial charge in [-0.3, -0.25) is 15.0 Å². The highest BCUT2D eigenvalue weighted by molar-refractivity contribution is 14.1. The predicted molar refractivity (Wildman–Crippen MR) is 123 cm³/mol. The van der Waals surface area contributed by atoms with Crippen molar-refractivity contribution in [2.24, 2.45) is 5.41 Å². The Kier molecular flexibility index (Phi) is 7.27. The topological polar surface area (TPSA) is 79.2 Å². The van der Waals surface area contributed by atoms with Gasteiger partial charge in [0, 0.05) is 23.6 Å². The first kappa shape index (κ1) is 22.6. The van der Waals surface area contributed by atoms with E-state index in [1.54, 1.807) is 6.07 Å². The SMILES string of the molecule is COC(=O)C1(CCCl)CCC(C(=N)I)=C(NC(=O)c2c(Cl)cccc2C2CC2)C1. The van der Waals surface area contributed by atoms with E-state index in [1.807, 2.05) is 34.7 Å². The van der Waals surface area contributed by atoms with E-state index in [-0.39, 0.29) is 18.3 Å². The Morgan fingerprint density at radius 2 is 2.10 bits per heavy atom. The van der Waals surface area contributed by atoms with Gasteiger partial charge in [0.15, 0.2) is 0 Å². The van der Waals surface area contributed by atoms with Gasteiger partial charge < -0.3 is 10.1 Å². The van der Waals surface area contributed by atoms with Crippen LogP contribution in [0.1, 0.15) is 60.4 Å². The second-order valence-electron chi connectivity index (χ2n) is 7.59. The molecule has 1 aromatic rings. The van der Waals surface area contributed by atoms with Gasteiger partial charge in [-0.05, 0) is 72.2 Å². The highest BCUT2D eigenvalue weighted by Crippen LogP contribution is 2.45. The van der Waals surface area contributed by atoms with Crippen molar-refractivity contribution < 1.29 is 14.3 Å². The number of esters is 1. The average Bonchev–Trinajstić information content (AvgIpc) is 3.52. The molecule has 2 aliphatic carbocycles. The summed E-state index contributed by atoms with van der Waals surface area (Å²) in [4.78, 5) is 25.8. The van der Waals surface area contributed by atoms with Gasteiger partial charge in [-0.15, -0.1) is 11.6 Å². The molecule has 0 bridgehead atoms. The van der Waals surface area contributed by atoms with Crippen LogP contribution in [0.2, 0.25) is 5.02 Å². The summed E-state index contributed by atoms with van der Waals surface area (Å²) in [6, 6.07) is 5.52. The van der Waals surface area contributed by atoms with Gasteiger partial charge >= 0.3 is 5.97 Å². The van der Waals surface area contributed by atoms with E-state index in [9.17, 15) is 9.59 Å². The molecule has 3 rings (SSSR count). The number of amides is 1. The zero-order chi connectivity index (χ0) is 21.2. The Morgan fingerprint density at radius 3 is 2.69 bits per heavy atom. The third-order valence-corrected chi connectivity index (χ3v) is 6.90. The molecule has 156 valence electrons. The monoisotopic (exact) mass is 548 g/mol. The van der Waals surface area contributed by atoms with Crippen molar-refractivity contribution in [3.05, 3.63) is 45.6 Å². The summed E-state index contributed by atoms with van der Waals surface area (Å²) in [6.07, 6.45) is 3.86. The summed E-state index contributed by atoms with van der Waals surface area (Å²) in [5.74, 6) is 0.0426. The average molecular weight is 549 g/mol. The van der Waals surface area contributed by atoms with Crippen molar-refractivity contribution in [2.45, 2.75) is 44.4 Å². The summed E-state index contributed by atoms with van der Waals surface area (Å²) in [5.41, 5.74) is 1.97. The Bertz CT molecular complexity index is 883. The molecular formula is C21H23Cl2IN2O3. The van der Waals surface area contributed by atoms with Crippen molar-refractivity contribution in [2.75, 3.05) is 13.0 Å². The number of methoxy groups -OCH3 is 1. The quantitative estimate of drug-likeness (QED) is 0.202. The van der Waals surface area contributed by atoms with Crippen LogP contribution in [0, 0.1) is 10.8 Å². The Labute approximate surface area is 194 Å². The molecule has 1 atom stereocenters. The van der Waals surface area contributed by atoms with Gasteiger partial charge in [0.05, 0.1) is 26.8 Å². The van der Waals surface area contributed by atoms with Gasteiger partial charge in [0.2, 0.25) is 0 Å². The number of alkyl halides is 1. The normalized spacial score (nSPS) is 21.7. The van der Waals surface area contributed by atoms with Crippen LogP contribution < -0.4 is 5.32 Å². The van der Waals surface area contributed by atoms with Crippen LogP contribution in [0.5, 0.6) is 0 Å². The third kappa shape index (κ3) is 4.80. The van der Waals surface area contributed by atoms with E-state index in [0.29, 0.717) is 51.1 Å². The zero-order valence-electron chi connectivity index (χ0n) is 16.1. The summed E-state index contributed by atoms with van der Waals surface area (Å²) in [6.45, 7) is 0. The van der Waals surface area contributed by atoms with Crippen LogP contribution in [-0.4, -0.2) is 28.6 Å². The van der Waals surface area contributed by atoms with Gasteiger partial charge in [0.1, 0.15) is 0 Å². The standard InChI is InChI=1S/C21H23Cl2IN2O3/c1-29-20(28)21(9-10-22)8-7-14(18(24)25)16(11-21)26-19(27)17-13(12-5-6-12)3-2-4-15(17)23/h2-4,12,25H,5-11H2,1H3,(H,26,27). The molecule has 1 amide bonds. The Hall–Kier alpha value is -1.12. The highest BCUT2D eigenvalue weighted by Gasteiger charge is 2.43. The van der Waals surface area contributed by atoms with Gasteiger partial charge in [-0.25, -0.2) is 0 Å². The fraction of sp³-hybridized carbons (Fsp3) is 0.476. The largest absolute Gasteiger partial charge is 0.469 e. The fourth-order valence-corrected chi connectivity index (χ4v) is 5.24. The number of carbonyl (C=O) groups is 2. The maximum absolute atomic E-state index is 13.2. The summed E-state index contributed by atoms with van der Waals surface area (Å²) < 4.78 is 5.40. The molecule has 2 N–H and O–H groups in total. The number of allylic oxidation sites excluding steroid dienone is 2. The molecule has 1 saturated carbocycles. The lowest BCUT2D eigenvalue weighted by molar-refractivity contribution is -0.153. The number of carbonyl (C=O) groups excluding carboxylic acids is 2. The van der Waals surface area contributed by atoms with Crippen LogP contribution in [0.3, 0.4) is 0 Å². The molecule has 1 fully saturated rings. The van der Waals surface area contributed by atoms with Crippen molar-refractivity contribution >= 4 is 61.4 Å². The molecule has 29 heavy (non-hydrogen) atoms. The zero-order valence-corrected chi connectivity index (χ0v) is 19.8. The first-order chi connectivity index (χ1) is 13.8. The number of hydrogen-bond donors (Lipinski definition) is 2. The molecule has 0 radical (unpaired) electrons. The van der Waals surface area contributed by atoms with E-state index >= 15 is 0 Å². The van der Waals surface area contributed by atoms with Crippen LogP contribution in [0.25, 0.3) is 0 Å². The highest BCUT2D eigenvalue weighted by atomic mass is 127. The number of rotatable bonds is 7. The molecule has 1 aromatic carbocycles. The van der Waals surface area contributed by atoms with Crippen molar-refractivity contribution in [1.29, 1.82) is 5.41 Å². The molecular weight excluding hydrogens is 526 g/mol. The summed E-state index contributed by atoms with van der Waals surface area (Å²) >= 11 is 14.3. The van der Waals surface area contributed by atoms with E-state index in [4.69, 9.17) is 33.3 Å². The van der Waals surface area contributed by atoms with E-state index in [2.05, 4.69) is 5.32 Å². The van der Waals surface area contributed by atoms with Crippen LogP contribution in [0.15, 0.2) is 29.5 Å². The third-order valence-electron chi connectivity index (χ3n) is 5.74. The first-order valence-corrected chi connectivity index (χ1v) is 11.5. The van der Waals surface area contributed by atoms with Gasteiger partial charge in [-0.2, -0.15) is 0 Å². The Balaban J connectivity index is 1.95.